The van der Waals surface area contributed by atoms with E-state index in [4.69, 9.17) is 4.74 Å². The van der Waals surface area contributed by atoms with Crippen LogP contribution in [0.2, 0.25) is 0 Å². The molecule has 4 heteroatoms. The number of rotatable bonds is 3. The van der Waals surface area contributed by atoms with E-state index < -0.39 is 17.2 Å². The Bertz CT molecular complexity index is 1180. The summed E-state index contributed by atoms with van der Waals surface area (Å²) in [6.07, 6.45) is 20.9. The van der Waals surface area contributed by atoms with Crippen molar-refractivity contribution >= 4 is 5.97 Å². The van der Waals surface area contributed by atoms with Crippen LogP contribution < -0.4 is 0 Å². The van der Waals surface area contributed by atoms with Crippen LogP contribution in [0.15, 0.2) is 12.2 Å². The van der Waals surface area contributed by atoms with Crippen LogP contribution in [-0.4, -0.2) is 28.6 Å². The molecule has 8 aliphatic rings. The van der Waals surface area contributed by atoms with Gasteiger partial charge in [-0.2, -0.15) is 0 Å². The minimum Gasteiger partial charge on any atom is -0.481 e. The molecule has 0 aromatic heterocycles. The van der Waals surface area contributed by atoms with Gasteiger partial charge >= 0.3 is 5.97 Å². The first-order valence-electron chi connectivity index (χ1n) is 17.1. The van der Waals surface area contributed by atoms with E-state index in [1.165, 1.54) is 51.4 Å². The molecule has 7 aliphatic carbocycles. The Labute approximate surface area is 242 Å². The first-order valence-corrected chi connectivity index (χ1v) is 17.1. The van der Waals surface area contributed by atoms with Crippen LogP contribution in [0.1, 0.15) is 125 Å². The Kier molecular flexibility index (Phi) is 5.08. The number of carboxylic acid groups (broad SMARTS) is 1. The number of fused-ring (bicyclic) bond motifs is 5. The first-order chi connectivity index (χ1) is 18.8. The molecule has 6 saturated carbocycles. The number of allylic oxidation sites excluding steroid dienone is 2. The fourth-order valence-corrected chi connectivity index (χ4v) is 15.2. The molecule has 40 heavy (non-hydrogen) atoms. The number of ether oxygens (including phenoxy) is 1. The number of hydrogen-bond donors (Lipinski definition) is 2. The molecule has 2 spiro atoms. The van der Waals surface area contributed by atoms with Gasteiger partial charge in [-0.1, -0.05) is 46.3 Å². The highest BCUT2D eigenvalue weighted by Crippen LogP contribution is 2.86. The topological polar surface area (TPSA) is 66.8 Å². The highest BCUT2D eigenvalue weighted by atomic mass is 16.6. The summed E-state index contributed by atoms with van der Waals surface area (Å²) in [5.74, 6) is 1.24. The van der Waals surface area contributed by atoms with E-state index in [1.807, 2.05) is 0 Å². The van der Waals surface area contributed by atoms with E-state index in [-0.39, 0.29) is 33.0 Å². The summed E-state index contributed by atoms with van der Waals surface area (Å²) in [6.45, 7) is 13.0. The Hall–Kier alpha value is -0.870. The molecule has 8 rings (SSSR count). The summed E-state index contributed by atoms with van der Waals surface area (Å²) in [5, 5.41) is 22.5. The van der Waals surface area contributed by atoms with Crippen molar-refractivity contribution in [3.63, 3.8) is 0 Å². The van der Waals surface area contributed by atoms with Crippen LogP contribution in [0.4, 0.5) is 0 Å². The van der Waals surface area contributed by atoms with Gasteiger partial charge in [0, 0.05) is 17.8 Å². The van der Waals surface area contributed by atoms with Crippen molar-refractivity contribution in [3.05, 3.63) is 12.2 Å². The second kappa shape index (κ2) is 7.61. The van der Waals surface area contributed by atoms with Crippen molar-refractivity contribution in [2.75, 3.05) is 6.61 Å². The minimum absolute atomic E-state index is 0.0862. The maximum Gasteiger partial charge on any atom is 0.309 e. The number of aliphatic hydroxyl groups is 1. The van der Waals surface area contributed by atoms with Gasteiger partial charge in [0.2, 0.25) is 0 Å². The summed E-state index contributed by atoms with van der Waals surface area (Å²) >= 11 is 0. The van der Waals surface area contributed by atoms with Crippen molar-refractivity contribution in [1.82, 2.24) is 0 Å². The SMILES string of the molecule is CCCC1C2(O)CC34C=CCC56C(CC3)CC3(C)C7CC(C)(C(=O)O)CCC7(C)CCC3(C)C5CCC1(CO2)C46. The van der Waals surface area contributed by atoms with Gasteiger partial charge in [0.1, 0.15) is 0 Å². The largest absolute Gasteiger partial charge is 0.481 e. The number of hydrogen-bond acceptors (Lipinski definition) is 3. The van der Waals surface area contributed by atoms with E-state index >= 15 is 0 Å². The van der Waals surface area contributed by atoms with Crippen LogP contribution >= 0.6 is 0 Å². The smallest absolute Gasteiger partial charge is 0.309 e. The molecule has 13 atom stereocenters. The third kappa shape index (κ3) is 2.69. The molecule has 7 fully saturated rings. The fourth-order valence-electron chi connectivity index (χ4n) is 15.2. The molecule has 0 radical (unpaired) electrons. The molecule has 222 valence electrons. The molecule has 2 N–H and O–H groups in total. The monoisotopic (exact) mass is 550 g/mol. The van der Waals surface area contributed by atoms with Gasteiger partial charge < -0.3 is 14.9 Å². The zero-order chi connectivity index (χ0) is 28.2. The van der Waals surface area contributed by atoms with Crippen LogP contribution in [0.3, 0.4) is 0 Å². The number of carbonyl (C=O) groups is 1. The Morgan fingerprint density at radius 1 is 0.950 bits per heavy atom. The van der Waals surface area contributed by atoms with Crippen LogP contribution in [0.25, 0.3) is 0 Å². The lowest BCUT2D eigenvalue weighted by Gasteiger charge is -2.81. The van der Waals surface area contributed by atoms with Gasteiger partial charge in [0.15, 0.2) is 5.79 Å². The van der Waals surface area contributed by atoms with Crippen molar-refractivity contribution < 1.29 is 19.7 Å². The van der Waals surface area contributed by atoms with Gasteiger partial charge in [0.25, 0.3) is 0 Å². The van der Waals surface area contributed by atoms with E-state index in [1.54, 1.807) is 0 Å². The molecule has 0 amide bonds. The molecular weight excluding hydrogens is 496 g/mol. The van der Waals surface area contributed by atoms with Crippen molar-refractivity contribution in [1.29, 1.82) is 0 Å². The molecule has 0 aromatic rings. The van der Waals surface area contributed by atoms with E-state index in [0.717, 1.165) is 45.1 Å². The summed E-state index contributed by atoms with van der Waals surface area (Å²) in [4.78, 5) is 12.6. The predicted octanol–water partition coefficient (Wildman–Crippen LogP) is 7.99. The number of aliphatic carboxylic acids is 1. The van der Waals surface area contributed by atoms with Crippen LogP contribution in [-0.2, 0) is 9.53 Å². The lowest BCUT2D eigenvalue weighted by Crippen LogP contribution is -2.76. The zero-order valence-corrected chi connectivity index (χ0v) is 25.9. The molecule has 1 saturated heterocycles. The highest BCUT2D eigenvalue weighted by molar-refractivity contribution is 5.74. The first kappa shape index (κ1) is 26.7. The predicted molar refractivity (Wildman–Crippen MR) is 155 cm³/mol. The molecule has 1 heterocycles. The third-order valence-corrected chi connectivity index (χ3v) is 16.9. The van der Waals surface area contributed by atoms with Crippen molar-refractivity contribution in [3.8, 4) is 0 Å². The zero-order valence-electron chi connectivity index (χ0n) is 25.9. The standard InChI is InChI=1S/C36H54O4/c1-6-8-25-34-14-10-24-31(4)18-17-29(2)15-16-30(3,28(37)38)20-26(29)32(31,5)19-23-9-13-33(21-36(25,39)40-22-34)11-7-12-35(23,24)27(33)34/h7,11,23-27,39H,6,8-10,12-22H2,1-5H3,(H,37,38). The highest BCUT2D eigenvalue weighted by Gasteiger charge is 2.82. The summed E-state index contributed by atoms with van der Waals surface area (Å²) in [7, 11) is 0. The van der Waals surface area contributed by atoms with E-state index in [9.17, 15) is 15.0 Å². The van der Waals surface area contributed by atoms with Gasteiger partial charge in [-0.25, -0.2) is 0 Å². The van der Waals surface area contributed by atoms with Crippen molar-refractivity contribution in [2.45, 2.75) is 130 Å². The molecule has 4 nitrogen and oxygen atoms in total. The summed E-state index contributed by atoms with van der Waals surface area (Å²) in [5.41, 5.74) is 0.586. The minimum atomic E-state index is -0.946. The average molecular weight is 551 g/mol. The molecule has 13 unspecified atom stereocenters. The maximum absolute atomic E-state index is 12.6. The summed E-state index contributed by atoms with van der Waals surface area (Å²) < 4.78 is 6.57. The van der Waals surface area contributed by atoms with Gasteiger partial charge in [-0.15, -0.1) is 0 Å². The van der Waals surface area contributed by atoms with Crippen molar-refractivity contribution in [2.24, 2.45) is 67.5 Å². The van der Waals surface area contributed by atoms with Crippen LogP contribution in [0, 0.1) is 67.5 Å². The Balaban J connectivity index is 1.28. The number of carboxylic acids is 1. The quantitative estimate of drug-likeness (QED) is 0.350. The Morgan fingerprint density at radius 2 is 1.73 bits per heavy atom. The van der Waals surface area contributed by atoms with Gasteiger partial charge in [-0.3, -0.25) is 4.79 Å². The van der Waals surface area contributed by atoms with E-state index in [2.05, 4.69) is 46.8 Å². The normalized spacial score (nSPS) is 62.7. The lowest BCUT2D eigenvalue weighted by molar-refractivity contribution is -0.330. The van der Waals surface area contributed by atoms with Gasteiger partial charge in [0.05, 0.1) is 12.0 Å². The Morgan fingerprint density at radius 3 is 2.48 bits per heavy atom. The van der Waals surface area contributed by atoms with Gasteiger partial charge in [-0.05, 0) is 135 Å². The second-order valence-electron chi connectivity index (χ2n) is 17.9. The van der Waals surface area contributed by atoms with E-state index in [0.29, 0.717) is 29.1 Å². The third-order valence-electron chi connectivity index (χ3n) is 16.9. The van der Waals surface area contributed by atoms with Crippen LogP contribution in [0.5, 0.6) is 0 Å². The maximum atomic E-state index is 12.6. The molecule has 1 aliphatic heterocycles. The second-order valence-corrected chi connectivity index (χ2v) is 17.9. The molecule has 0 aromatic carbocycles. The lowest BCUT2D eigenvalue weighted by atomic mass is 9.23. The average Bonchev–Trinajstić information content (AvgIpc) is 3.08. The fraction of sp³-hybridized carbons (Fsp3) is 0.917. The molecular formula is C36H54O4. The summed E-state index contributed by atoms with van der Waals surface area (Å²) in [6, 6.07) is 0. The molecule has 4 bridgehead atoms.